The van der Waals surface area contributed by atoms with Gasteiger partial charge in [-0.2, -0.15) is 6.20 Å². The zero-order valence-electron chi connectivity index (χ0n) is 7.25. The Bertz CT molecular complexity index is 571. The molecule has 0 aliphatic rings. The summed E-state index contributed by atoms with van der Waals surface area (Å²) in [6.45, 7) is 0. The van der Waals surface area contributed by atoms with Crippen LogP contribution in [0.5, 0.6) is 0 Å². The second kappa shape index (κ2) is 3.55. The Kier molecular flexibility index (Phi) is 2.38. The van der Waals surface area contributed by atoms with Gasteiger partial charge >= 0.3 is 0 Å². The SMILES string of the molecule is [Pt].c1cnc2c(c1)ccc1cc[n-]c12. The number of fused-ring (bicyclic) bond motifs is 3. The average Bonchev–Trinajstić information content (AvgIpc) is 2.65. The largest absolute Gasteiger partial charge is 0.662 e. The van der Waals surface area contributed by atoms with E-state index < -0.39 is 0 Å². The van der Waals surface area contributed by atoms with Crippen LogP contribution in [0.1, 0.15) is 0 Å². The van der Waals surface area contributed by atoms with E-state index in [1.165, 1.54) is 0 Å². The number of aromatic nitrogens is 2. The van der Waals surface area contributed by atoms with Crippen molar-refractivity contribution in [2.75, 3.05) is 0 Å². The van der Waals surface area contributed by atoms with Gasteiger partial charge in [-0.3, -0.25) is 4.98 Å². The third-order valence-corrected chi connectivity index (χ3v) is 2.24. The van der Waals surface area contributed by atoms with Crippen molar-refractivity contribution in [3.05, 3.63) is 42.7 Å². The van der Waals surface area contributed by atoms with Crippen molar-refractivity contribution in [3.63, 3.8) is 0 Å². The summed E-state index contributed by atoms with van der Waals surface area (Å²) in [7, 11) is 0. The molecule has 0 saturated carbocycles. The maximum Gasteiger partial charge on any atom is 0.0561 e. The first-order valence-electron chi connectivity index (χ1n) is 4.20. The predicted octanol–water partition coefficient (Wildman–Crippen LogP) is 2.34. The molecule has 0 saturated heterocycles. The van der Waals surface area contributed by atoms with Gasteiger partial charge in [-0.1, -0.05) is 24.3 Å². The Morgan fingerprint density at radius 3 is 2.79 bits per heavy atom. The van der Waals surface area contributed by atoms with E-state index in [1.54, 1.807) is 6.20 Å². The molecule has 0 aliphatic carbocycles. The fourth-order valence-corrected chi connectivity index (χ4v) is 1.61. The Morgan fingerprint density at radius 1 is 1.00 bits per heavy atom. The van der Waals surface area contributed by atoms with Crippen LogP contribution in [0.4, 0.5) is 0 Å². The standard InChI is InChI=1S/C11H7N2.Pt/c1-2-8-3-4-9-5-7-13-11(9)10(8)12-6-1;/h1-7H;/q-1;. The molecular weight excluding hydrogens is 355 g/mol. The van der Waals surface area contributed by atoms with Crippen LogP contribution in [0.2, 0.25) is 0 Å². The molecule has 0 aliphatic heterocycles. The van der Waals surface area contributed by atoms with E-state index >= 15 is 0 Å². The molecule has 2 nitrogen and oxygen atoms in total. The van der Waals surface area contributed by atoms with Crippen molar-refractivity contribution in [2.24, 2.45) is 0 Å². The molecular formula is C11H7N2Pt-. The van der Waals surface area contributed by atoms with Crippen molar-refractivity contribution in [1.29, 1.82) is 0 Å². The van der Waals surface area contributed by atoms with Crippen LogP contribution >= 0.6 is 0 Å². The molecule has 3 aromatic rings. The Balaban J connectivity index is 0.000000750. The molecule has 72 valence electrons. The minimum Gasteiger partial charge on any atom is -0.662 e. The van der Waals surface area contributed by atoms with E-state index in [1.807, 2.05) is 18.3 Å². The van der Waals surface area contributed by atoms with E-state index in [-0.39, 0.29) is 21.1 Å². The molecule has 0 unspecified atom stereocenters. The van der Waals surface area contributed by atoms with Gasteiger partial charge in [0.1, 0.15) is 0 Å². The van der Waals surface area contributed by atoms with Crippen LogP contribution in [0, 0.1) is 0 Å². The fourth-order valence-electron chi connectivity index (χ4n) is 1.61. The summed E-state index contributed by atoms with van der Waals surface area (Å²) in [6, 6.07) is 10.1. The molecule has 0 bridgehead atoms. The maximum absolute atomic E-state index is 4.32. The minimum atomic E-state index is 0. The number of hydrogen-bond donors (Lipinski definition) is 0. The van der Waals surface area contributed by atoms with Gasteiger partial charge in [-0.25, -0.2) is 0 Å². The molecule has 0 amide bonds. The fraction of sp³-hybridized carbons (Fsp3) is 0. The number of pyridine rings is 1. The van der Waals surface area contributed by atoms with Crippen LogP contribution in [0.3, 0.4) is 0 Å². The summed E-state index contributed by atoms with van der Waals surface area (Å²) in [5.41, 5.74) is 1.99. The summed E-state index contributed by atoms with van der Waals surface area (Å²) in [5.74, 6) is 0. The van der Waals surface area contributed by atoms with Gasteiger partial charge in [0.05, 0.1) is 5.52 Å². The van der Waals surface area contributed by atoms with E-state index in [4.69, 9.17) is 0 Å². The van der Waals surface area contributed by atoms with Gasteiger partial charge in [-0.15, -0.1) is 5.52 Å². The van der Waals surface area contributed by atoms with Gasteiger partial charge in [0.2, 0.25) is 0 Å². The summed E-state index contributed by atoms with van der Waals surface area (Å²) >= 11 is 0. The van der Waals surface area contributed by atoms with Gasteiger partial charge < -0.3 is 4.98 Å². The summed E-state index contributed by atoms with van der Waals surface area (Å²) in [4.78, 5) is 8.60. The molecule has 3 heteroatoms. The third-order valence-electron chi connectivity index (χ3n) is 2.24. The quantitative estimate of drug-likeness (QED) is 0.614. The van der Waals surface area contributed by atoms with Gasteiger partial charge in [0.15, 0.2) is 0 Å². The minimum absolute atomic E-state index is 0. The second-order valence-corrected chi connectivity index (χ2v) is 3.02. The monoisotopic (exact) mass is 362 g/mol. The van der Waals surface area contributed by atoms with Crippen LogP contribution in [-0.4, -0.2) is 4.98 Å². The van der Waals surface area contributed by atoms with Crippen LogP contribution in [0.25, 0.3) is 21.8 Å². The molecule has 2 aromatic heterocycles. The third kappa shape index (κ3) is 1.27. The second-order valence-electron chi connectivity index (χ2n) is 3.02. The van der Waals surface area contributed by atoms with Crippen LogP contribution in [-0.2, 0) is 21.1 Å². The topological polar surface area (TPSA) is 27.0 Å². The first kappa shape index (κ1) is 9.41. The van der Waals surface area contributed by atoms with Gasteiger partial charge in [-0.05, 0) is 16.8 Å². The van der Waals surface area contributed by atoms with E-state index in [9.17, 15) is 0 Å². The zero-order valence-corrected chi connectivity index (χ0v) is 9.52. The Labute approximate surface area is 95.6 Å². The first-order valence-corrected chi connectivity index (χ1v) is 4.20. The maximum atomic E-state index is 4.32. The van der Waals surface area contributed by atoms with Crippen molar-refractivity contribution >= 4 is 21.8 Å². The number of benzene rings is 1. The van der Waals surface area contributed by atoms with Crippen molar-refractivity contribution in [2.45, 2.75) is 0 Å². The predicted molar refractivity (Wildman–Crippen MR) is 52.6 cm³/mol. The Morgan fingerprint density at radius 2 is 1.86 bits per heavy atom. The van der Waals surface area contributed by atoms with Gasteiger partial charge in [0, 0.05) is 27.3 Å². The molecule has 0 radical (unpaired) electrons. The first-order chi connectivity index (χ1) is 6.45. The molecule has 3 rings (SSSR count). The number of nitrogens with zero attached hydrogens (tertiary/aromatic N) is 2. The van der Waals surface area contributed by atoms with Crippen LogP contribution < -0.4 is 4.98 Å². The molecule has 14 heavy (non-hydrogen) atoms. The summed E-state index contributed by atoms with van der Waals surface area (Å²) in [6.07, 6.45) is 3.62. The zero-order chi connectivity index (χ0) is 8.67. The molecule has 0 N–H and O–H groups in total. The number of hydrogen-bond acceptors (Lipinski definition) is 1. The van der Waals surface area contributed by atoms with E-state index in [0.717, 1.165) is 21.8 Å². The number of rotatable bonds is 0. The van der Waals surface area contributed by atoms with Crippen LogP contribution in [0.15, 0.2) is 42.7 Å². The van der Waals surface area contributed by atoms with Crippen molar-refractivity contribution in [1.82, 2.24) is 9.97 Å². The van der Waals surface area contributed by atoms with E-state index in [2.05, 4.69) is 28.2 Å². The Hall–Kier alpha value is -1.14. The summed E-state index contributed by atoms with van der Waals surface area (Å²) in [5, 5.41) is 2.31. The molecule has 0 fully saturated rings. The molecule has 2 heterocycles. The molecule has 1 aromatic carbocycles. The van der Waals surface area contributed by atoms with E-state index in [0.29, 0.717) is 0 Å². The molecule has 0 spiro atoms. The normalized spacial score (nSPS) is 10.3. The molecule has 0 atom stereocenters. The van der Waals surface area contributed by atoms with Crippen molar-refractivity contribution in [3.8, 4) is 0 Å². The van der Waals surface area contributed by atoms with Crippen molar-refractivity contribution < 1.29 is 21.1 Å². The smallest absolute Gasteiger partial charge is 0.0561 e. The summed E-state index contributed by atoms with van der Waals surface area (Å²) < 4.78 is 0. The van der Waals surface area contributed by atoms with Gasteiger partial charge in [0.25, 0.3) is 0 Å². The average molecular weight is 362 g/mol.